The first-order valence-corrected chi connectivity index (χ1v) is 56.0. The zero-order chi connectivity index (χ0) is 87.6. The average Bonchev–Trinajstić information content (AvgIpc) is 0.685. The van der Waals surface area contributed by atoms with Crippen LogP contribution in [0.1, 0.15) is 134 Å². The molecule has 8 bridgehead atoms. The number of nitrogens with one attached hydrogen (secondary N) is 8. The molecule has 0 aromatic heterocycles. The van der Waals surface area contributed by atoms with Gasteiger partial charge in [0.2, 0.25) is 0 Å². The smallest absolute Gasteiger partial charge is 0.478 e. The Morgan fingerprint density at radius 1 is 0.169 bits per heavy atom. The summed E-state index contributed by atoms with van der Waals surface area (Å²) >= 11 is 0. The van der Waals surface area contributed by atoms with Gasteiger partial charge in [0.1, 0.15) is 46.0 Å². The van der Waals surface area contributed by atoms with Crippen LogP contribution in [0.15, 0.2) is 194 Å². The molecule has 16 N–H and O–H groups in total. The van der Waals surface area contributed by atoms with Crippen molar-refractivity contribution < 1.29 is 129 Å². The third kappa shape index (κ3) is 24.0. The Hall–Kier alpha value is -10.8. The van der Waals surface area contributed by atoms with Gasteiger partial charge >= 0.3 is 70.4 Å². The maximum Gasteiger partial charge on any atom is 0.478 e. The van der Waals surface area contributed by atoms with E-state index >= 15 is 0 Å². The molecule has 0 radical (unpaired) electrons. The van der Waals surface area contributed by atoms with Crippen LogP contribution < -0.4 is 42.5 Å². The highest BCUT2D eigenvalue weighted by Gasteiger charge is 2.83. The van der Waals surface area contributed by atoms with E-state index in [-0.39, 0.29) is 243 Å². The van der Waals surface area contributed by atoms with Crippen molar-refractivity contribution in [1.82, 2.24) is 42.5 Å². The molecular formula is C80H96N8O28Si8. The summed E-state index contributed by atoms with van der Waals surface area (Å²) in [6.07, 6.45) is -0.427. The van der Waals surface area contributed by atoms with Crippen molar-refractivity contribution in [1.29, 1.82) is 0 Å². The normalized spacial score (nSPS) is 23.4. The Balaban J connectivity index is 1.00. The quantitative estimate of drug-likeness (QED) is 0.0128. The molecule has 6 aliphatic rings. The predicted molar refractivity (Wildman–Crippen MR) is 458 cm³/mol. The lowest BCUT2D eigenvalue weighted by atomic mass is 10.2. The van der Waals surface area contributed by atoms with E-state index in [0.29, 0.717) is 0 Å². The molecule has 6 aliphatic heterocycles. The van der Waals surface area contributed by atoms with Crippen LogP contribution in [0.2, 0.25) is 48.4 Å². The minimum Gasteiger partial charge on any atom is -0.508 e. The molecule has 6 heterocycles. The largest absolute Gasteiger partial charge is 0.508 e. The maximum atomic E-state index is 14.1. The molecule has 0 aliphatic carbocycles. The molecule has 6 fully saturated rings. The zero-order valence-corrected chi connectivity index (χ0v) is 75.2. The van der Waals surface area contributed by atoms with Crippen molar-refractivity contribution in [3.8, 4) is 46.0 Å². The number of phenolic OH excluding ortho intramolecular Hbond substituents is 8. The number of amides is 8. The first kappa shape index (κ1) is 90.9. The van der Waals surface area contributed by atoms with E-state index in [1.807, 2.05) is 0 Å². The van der Waals surface area contributed by atoms with Crippen LogP contribution in [0.3, 0.4) is 0 Å². The Morgan fingerprint density at radius 3 is 0.347 bits per heavy atom. The number of rotatable bonds is 40. The summed E-state index contributed by atoms with van der Waals surface area (Å²) in [6, 6.07) is 42.3. The van der Waals surface area contributed by atoms with Gasteiger partial charge in [0, 0.05) is 145 Å². The van der Waals surface area contributed by atoms with Crippen molar-refractivity contribution >= 4 is 118 Å². The summed E-state index contributed by atoms with van der Waals surface area (Å²) in [6.45, 7) is -1.00. The highest BCUT2D eigenvalue weighted by molar-refractivity contribution is 7.03. The van der Waals surface area contributed by atoms with Gasteiger partial charge in [-0.05, 0) is 245 Å². The number of hydrogen-bond acceptors (Lipinski definition) is 28. The molecule has 0 spiro atoms. The first-order chi connectivity index (χ1) is 59.5. The second kappa shape index (κ2) is 40.4. The highest BCUT2D eigenvalue weighted by atomic mass is 28.6. The molecule has 0 atom stereocenters. The number of aromatic hydroxyl groups is 8. The average molecular weight is 1840 g/mol. The topological polar surface area (TPSA) is 505 Å². The molecule has 14 rings (SSSR count). The van der Waals surface area contributed by atoms with Crippen LogP contribution in [0.4, 0.5) is 0 Å². The molecule has 8 amide bonds. The van der Waals surface area contributed by atoms with Crippen molar-refractivity contribution in [3.05, 3.63) is 239 Å². The van der Waals surface area contributed by atoms with Crippen LogP contribution in [0.25, 0.3) is 0 Å². The van der Waals surface area contributed by atoms with Crippen molar-refractivity contribution in [2.45, 2.75) is 99.7 Å². The molecule has 124 heavy (non-hydrogen) atoms. The standard InChI is InChI=1S/C80H96N8O28Si8/c89-65-25-9-57(10-26-65)73(97)81-41-1-49-117-105-118(50-2-42-82-74(98)58-11-27-66(90)28-12-58)108-121(53-5-45-85-77(101)61-17-33-69(93)34-18-61)110-119(106-117,51-3-43-83-75(99)59-13-29-67(91)30-14-59)112-123(55-7-47-87-79(103)63-21-37-71(95)38-22-63)113-120(107-117,52-4-44-84-76(100)60-15-31-68(92)32-16-60)111-122(109-118,54-6-46-86-78(102)62-19-35-70(94)36-20-62)115-124(114-121,116-123)56-8-48-88-80(104)64-23-39-72(96)40-24-64/h9-40,89-96H,1-8,41-56H2,(H,81,97)(H,82,98)(H,83,99)(H,84,100)(H,85,101)(H,86,102)(H,87,103)(H,88,104). The van der Waals surface area contributed by atoms with Crippen molar-refractivity contribution in [2.75, 3.05) is 52.4 Å². The van der Waals surface area contributed by atoms with Gasteiger partial charge in [0.05, 0.1) is 0 Å². The van der Waals surface area contributed by atoms with E-state index < -0.39 is 118 Å². The number of benzene rings is 8. The minimum atomic E-state index is -5.17. The second-order valence-electron chi connectivity index (χ2n) is 29.9. The Kier molecular flexibility index (Phi) is 29.6. The summed E-state index contributed by atoms with van der Waals surface area (Å²) in [5, 5.41) is 106. The molecule has 44 heteroatoms. The lowest BCUT2D eigenvalue weighted by molar-refractivity contribution is -0.0316. The molecule has 8 aromatic rings. The monoisotopic (exact) mass is 1840 g/mol. The molecule has 36 nitrogen and oxygen atoms in total. The number of hydrogen-bond donors (Lipinski definition) is 16. The van der Waals surface area contributed by atoms with Crippen LogP contribution >= 0.6 is 0 Å². The fourth-order valence-electron chi connectivity index (χ4n) is 14.3. The van der Waals surface area contributed by atoms with Crippen LogP contribution in [-0.2, 0) is 49.4 Å². The van der Waals surface area contributed by atoms with Crippen LogP contribution in [0, 0.1) is 0 Å². The highest BCUT2D eigenvalue weighted by Crippen LogP contribution is 2.55. The molecular weight excluding hydrogens is 1750 g/mol. The van der Waals surface area contributed by atoms with Gasteiger partial charge in [-0.3, -0.25) is 38.4 Å². The van der Waals surface area contributed by atoms with Crippen LogP contribution in [-0.4, -0.2) is 211 Å². The fraction of sp³-hybridized carbons (Fsp3) is 0.300. The van der Waals surface area contributed by atoms with Crippen LogP contribution in [0.5, 0.6) is 46.0 Å². The number of carbonyl (C=O) groups is 8. The molecule has 8 aromatic carbocycles. The van der Waals surface area contributed by atoms with Gasteiger partial charge < -0.3 is 133 Å². The van der Waals surface area contributed by atoms with Gasteiger partial charge in [0.15, 0.2) is 0 Å². The molecule has 0 saturated carbocycles. The van der Waals surface area contributed by atoms with Gasteiger partial charge in [-0.1, -0.05) is 0 Å². The summed E-state index contributed by atoms with van der Waals surface area (Å²) in [5.41, 5.74) is 1.53. The molecule has 656 valence electrons. The van der Waals surface area contributed by atoms with E-state index in [2.05, 4.69) is 42.5 Å². The lowest BCUT2D eigenvalue weighted by Gasteiger charge is -2.63. The third-order valence-corrected chi connectivity index (χ3v) is 57.9. The van der Waals surface area contributed by atoms with Gasteiger partial charge in [-0.15, -0.1) is 0 Å². The maximum absolute atomic E-state index is 14.1. The summed E-state index contributed by atoms with van der Waals surface area (Å²) in [4.78, 5) is 113. The van der Waals surface area contributed by atoms with E-state index in [1.54, 1.807) is 0 Å². The molecule has 6 saturated heterocycles. The SMILES string of the molecule is O=C(NCCC[Si]12O[Si]3(CCCNC(=O)c4ccc(O)cc4)O[Si]4(CCCNC(=O)c5ccc(O)cc5)O[Si](CCCNC(=O)c5ccc(O)cc5)(O1)O[Si]1(CCCNC(=O)c5ccc(O)cc5)O[Si](CCCNC(=O)c5ccc(O)cc5)(O2)O[Si](CCCNC(=O)c2ccc(O)cc2)(O3)O[Si](CCCNC(=O)c2ccc(O)cc2)(O4)O1)c1ccc(O)cc1. The van der Waals surface area contributed by atoms with E-state index in [1.165, 1.54) is 194 Å². The second-order valence-corrected chi connectivity index (χ2v) is 54.7. The fourth-order valence-corrected chi connectivity index (χ4v) is 64.8. The van der Waals surface area contributed by atoms with Crippen molar-refractivity contribution in [3.63, 3.8) is 0 Å². The lowest BCUT2D eigenvalue weighted by Crippen LogP contribution is -2.88. The van der Waals surface area contributed by atoms with Gasteiger partial charge in [0.25, 0.3) is 47.3 Å². The summed E-state index contributed by atoms with van der Waals surface area (Å²) < 4.78 is 96.9. The number of phenols is 8. The van der Waals surface area contributed by atoms with Gasteiger partial charge in [-0.25, -0.2) is 0 Å². The Bertz CT molecular complexity index is 4060. The Morgan fingerprint density at radius 2 is 0.258 bits per heavy atom. The van der Waals surface area contributed by atoms with Gasteiger partial charge in [-0.2, -0.15) is 0 Å². The van der Waals surface area contributed by atoms with E-state index in [0.717, 1.165) is 0 Å². The molecule has 0 unspecified atom stereocenters. The number of carbonyl (C=O) groups excluding carboxylic acids is 8. The van der Waals surface area contributed by atoms with E-state index in [4.69, 9.17) is 49.4 Å². The third-order valence-electron chi connectivity index (χ3n) is 20.3. The minimum absolute atomic E-state index is 0.0533. The summed E-state index contributed by atoms with van der Waals surface area (Å²) in [5.74, 6) is -5.04. The first-order valence-electron chi connectivity index (χ1n) is 40.5. The van der Waals surface area contributed by atoms with E-state index in [9.17, 15) is 79.2 Å². The Labute approximate surface area is 721 Å². The van der Waals surface area contributed by atoms with Crippen molar-refractivity contribution in [2.24, 2.45) is 0 Å². The predicted octanol–water partition coefficient (Wildman–Crippen LogP) is 7.97. The summed E-state index contributed by atoms with van der Waals surface area (Å²) in [7, 11) is -41.3. The zero-order valence-electron chi connectivity index (χ0n) is 67.2.